The number of thiocarbonyl (C=S) groups is 1. The summed E-state index contributed by atoms with van der Waals surface area (Å²) in [4.78, 5) is 12.2. The maximum absolute atomic E-state index is 12.8. The Morgan fingerprint density at radius 3 is 2.24 bits per heavy atom. The van der Waals surface area contributed by atoms with Gasteiger partial charge in [-0.3, -0.25) is 10.1 Å². The molecule has 3 nitrogen and oxygen atoms in total. The zero-order chi connectivity index (χ0) is 18.8. The third-order valence-corrected chi connectivity index (χ3v) is 3.79. The number of benzene rings is 2. The Morgan fingerprint density at radius 2 is 1.68 bits per heavy atom. The van der Waals surface area contributed by atoms with Gasteiger partial charge in [0.05, 0.1) is 16.3 Å². The molecule has 0 heterocycles. The lowest BCUT2D eigenvalue weighted by Crippen LogP contribution is -2.34. The fourth-order valence-electron chi connectivity index (χ4n) is 2.23. The van der Waals surface area contributed by atoms with Crippen LogP contribution in [0, 0.1) is 13.8 Å². The Kier molecular flexibility index (Phi) is 5.69. The van der Waals surface area contributed by atoms with E-state index in [1.165, 1.54) is 0 Å². The molecule has 0 aliphatic heterocycles. The number of alkyl halides is 3. The Labute approximate surface area is 153 Å². The molecule has 0 saturated carbocycles. The molecule has 0 radical (unpaired) electrons. The van der Waals surface area contributed by atoms with Gasteiger partial charge in [-0.15, -0.1) is 0 Å². The van der Waals surface area contributed by atoms with E-state index in [1.807, 2.05) is 19.9 Å². The Hall–Kier alpha value is -2.12. The second-order valence-electron chi connectivity index (χ2n) is 5.48. The first-order chi connectivity index (χ1) is 11.6. The minimum atomic E-state index is -4.51. The Balaban J connectivity index is 2.13. The highest BCUT2D eigenvalue weighted by molar-refractivity contribution is 7.80. The van der Waals surface area contributed by atoms with Gasteiger partial charge in [0.2, 0.25) is 0 Å². The van der Waals surface area contributed by atoms with Crippen molar-refractivity contribution in [3.05, 3.63) is 63.7 Å². The van der Waals surface area contributed by atoms with Gasteiger partial charge in [-0.1, -0.05) is 28.8 Å². The maximum Gasteiger partial charge on any atom is 0.416 e. The van der Waals surface area contributed by atoms with Crippen molar-refractivity contribution < 1.29 is 18.0 Å². The summed E-state index contributed by atoms with van der Waals surface area (Å²) < 4.78 is 38.3. The standard InChI is InChI=1S/C17H14ClF3N2OS/c1-9-5-10(2)7-11(6-9)15(24)23-16(25)22-14-8-12(17(19,20)21)3-4-13(14)18/h3-8H,1-2H3,(H2,22,23,24,25). The zero-order valence-electron chi connectivity index (χ0n) is 13.3. The summed E-state index contributed by atoms with van der Waals surface area (Å²) in [7, 11) is 0. The van der Waals surface area contributed by atoms with Crippen LogP contribution in [-0.4, -0.2) is 11.0 Å². The van der Waals surface area contributed by atoms with Gasteiger partial charge in [-0.05, 0) is 56.4 Å². The van der Waals surface area contributed by atoms with E-state index < -0.39 is 17.6 Å². The van der Waals surface area contributed by atoms with Crippen LogP contribution in [0.5, 0.6) is 0 Å². The van der Waals surface area contributed by atoms with Crippen LogP contribution in [0.2, 0.25) is 5.02 Å². The van der Waals surface area contributed by atoms with Crippen molar-refractivity contribution in [1.82, 2.24) is 5.32 Å². The maximum atomic E-state index is 12.8. The van der Waals surface area contributed by atoms with Crippen LogP contribution >= 0.6 is 23.8 Å². The lowest BCUT2D eigenvalue weighted by Gasteiger charge is -2.14. The van der Waals surface area contributed by atoms with Gasteiger partial charge in [-0.2, -0.15) is 13.2 Å². The Bertz CT molecular complexity index is 817. The number of anilines is 1. The zero-order valence-corrected chi connectivity index (χ0v) is 14.9. The summed E-state index contributed by atoms with van der Waals surface area (Å²) in [6, 6.07) is 8.09. The van der Waals surface area contributed by atoms with Crippen LogP contribution < -0.4 is 10.6 Å². The van der Waals surface area contributed by atoms with Crippen molar-refractivity contribution in [2.45, 2.75) is 20.0 Å². The summed E-state index contributed by atoms with van der Waals surface area (Å²) in [5.74, 6) is -0.465. The quantitative estimate of drug-likeness (QED) is 0.705. The molecule has 0 saturated heterocycles. The third-order valence-electron chi connectivity index (χ3n) is 3.25. The normalized spacial score (nSPS) is 11.1. The van der Waals surface area contributed by atoms with Crippen LogP contribution in [0.1, 0.15) is 27.0 Å². The molecule has 25 heavy (non-hydrogen) atoms. The fraction of sp³-hybridized carbons (Fsp3) is 0.176. The molecule has 0 aromatic heterocycles. The van der Waals surface area contributed by atoms with Gasteiger partial charge in [0.1, 0.15) is 0 Å². The van der Waals surface area contributed by atoms with E-state index in [2.05, 4.69) is 10.6 Å². The molecule has 0 fully saturated rings. The Morgan fingerprint density at radius 1 is 1.08 bits per heavy atom. The van der Waals surface area contributed by atoms with E-state index in [-0.39, 0.29) is 15.8 Å². The first-order valence-corrected chi connectivity index (χ1v) is 7.92. The number of hydrogen-bond acceptors (Lipinski definition) is 2. The summed E-state index contributed by atoms with van der Waals surface area (Å²) in [5, 5.41) is 4.85. The summed E-state index contributed by atoms with van der Waals surface area (Å²) in [6.07, 6.45) is -4.51. The summed E-state index contributed by atoms with van der Waals surface area (Å²) >= 11 is 10.9. The highest BCUT2D eigenvalue weighted by atomic mass is 35.5. The lowest BCUT2D eigenvalue weighted by molar-refractivity contribution is -0.137. The summed E-state index contributed by atoms with van der Waals surface area (Å²) in [5.41, 5.74) is 1.30. The third kappa shape index (κ3) is 5.17. The first kappa shape index (κ1) is 19.2. The first-order valence-electron chi connectivity index (χ1n) is 7.13. The van der Waals surface area contributed by atoms with Crippen molar-refractivity contribution in [3.63, 3.8) is 0 Å². The molecule has 2 aromatic rings. The van der Waals surface area contributed by atoms with Gasteiger partial charge < -0.3 is 5.32 Å². The number of halogens is 4. The summed E-state index contributed by atoms with van der Waals surface area (Å²) in [6.45, 7) is 3.70. The van der Waals surface area contributed by atoms with Crippen LogP contribution in [-0.2, 0) is 6.18 Å². The molecule has 0 spiro atoms. The molecular weight excluding hydrogens is 373 g/mol. The molecule has 1 amide bonds. The molecule has 0 atom stereocenters. The molecule has 0 bridgehead atoms. The number of carbonyl (C=O) groups excluding carboxylic acids is 1. The van der Waals surface area contributed by atoms with E-state index in [0.717, 1.165) is 29.3 Å². The highest BCUT2D eigenvalue weighted by Crippen LogP contribution is 2.33. The number of carbonyl (C=O) groups is 1. The fourth-order valence-corrected chi connectivity index (χ4v) is 2.60. The monoisotopic (exact) mass is 386 g/mol. The van der Waals surface area contributed by atoms with Gasteiger partial charge in [0.25, 0.3) is 5.91 Å². The SMILES string of the molecule is Cc1cc(C)cc(C(=O)NC(=S)Nc2cc(C(F)(F)F)ccc2Cl)c1. The molecule has 0 unspecified atom stereocenters. The smallest absolute Gasteiger partial charge is 0.331 e. The largest absolute Gasteiger partial charge is 0.416 e. The van der Waals surface area contributed by atoms with Crippen molar-refractivity contribution >= 4 is 40.5 Å². The van der Waals surface area contributed by atoms with Crippen LogP contribution in [0.25, 0.3) is 0 Å². The molecule has 8 heteroatoms. The van der Waals surface area contributed by atoms with Crippen LogP contribution in [0.4, 0.5) is 18.9 Å². The lowest BCUT2D eigenvalue weighted by atomic mass is 10.1. The molecule has 2 rings (SSSR count). The number of hydrogen-bond donors (Lipinski definition) is 2. The van der Waals surface area contributed by atoms with Crippen LogP contribution in [0.15, 0.2) is 36.4 Å². The second-order valence-corrected chi connectivity index (χ2v) is 6.29. The molecule has 2 aromatic carbocycles. The predicted molar refractivity (Wildman–Crippen MR) is 96.1 cm³/mol. The molecule has 2 N–H and O–H groups in total. The van der Waals surface area contributed by atoms with Crippen molar-refractivity contribution in [1.29, 1.82) is 0 Å². The van der Waals surface area contributed by atoms with Crippen molar-refractivity contribution in [2.75, 3.05) is 5.32 Å². The predicted octanol–water partition coefficient (Wildman–Crippen LogP) is 5.10. The number of amides is 1. The minimum absolute atomic E-state index is 0.0396. The van der Waals surface area contributed by atoms with Crippen molar-refractivity contribution in [3.8, 4) is 0 Å². The number of aryl methyl sites for hydroxylation is 2. The highest BCUT2D eigenvalue weighted by Gasteiger charge is 2.31. The average Bonchev–Trinajstić information content (AvgIpc) is 2.47. The van der Waals surface area contributed by atoms with E-state index in [9.17, 15) is 18.0 Å². The molecule has 0 aliphatic carbocycles. The molecule has 0 aliphatic rings. The van der Waals surface area contributed by atoms with Gasteiger partial charge in [-0.25, -0.2) is 0 Å². The van der Waals surface area contributed by atoms with E-state index in [1.54, 1.807) is 12.1 Å². The number of rotatable bonds is 2. The average molecular weight is 387 g/mol. The van der Waals surface area contributed by atoms with E-state index >= 15 is 0 Å². The van der Waals surface area contributed by atoms with Gasteiger partial charge >= 0.3 is 6.18 Å². The topological polar surface area (TPSA) is 41.1 Å². The van der Waals surface area contributed by atoms with Crippen molar-refractivity contribution in [2.24, 2.45) is 0 Å². The minimum Gasteiger partial charge on any atom is -0.331 e. The van der Waals surface area contributed by atoms with E-state index in [0.29, 0.717) is 5.56 Å². The van der Waals surface area contributed by atoms with Crippen LogP contribution in [0.3, 0.4) is 0 Å². The molecular formula is C17H14ClF3N2OS. The molecule has 132 valence electrons. The van der Waals surface area contributed by atoms with Gasteiger partial charge in [0, 0.05) is 5.56 Å². The number of nitrogens with one attached hydrogen (secondary N) is 2. The van der Waals surface area contributed by atoms with Gasteiger partial charge in [0.15, 0.2) is 5.11 Å². The van der Waals surface area contributed by atoms with E-state index in [4.69, 9.17) is 23.8 Å². The second kappa shape index (κ2) is 7.41.